The Balaban J connectivity index is 2.43. The van der Waals surface area contributed by atoms with Gasteiger partial charge in [-0.05, 0) is 53.1 Å². The first-order valence-corrected chi connectivity index (χ1v) is 5.86. The highest BCUT2D eigenvalue weighted by Gasteiger charge is 2.26. The number of halogens is 1. The molecule has 0 unspecified atom stereocenters. The monoisotopic (exact) mass is 268 g/mol. The molecule has 0 bridgehead atoms. The van der Waals surface area contributed by atoms with Gasteiger partial charge in [-0.25, -0.2) is 0 Å². The van der Waals surface area contributed by atoms with E-state index in [1.165, 1.54) is 18.4 Å². The molecule has 0 amide bonds. The molecule has 72 valence electrons. The van der Waals surface area contributed by atoms with E-state index in [1.54, 1.807) is 0 Å². The molecule has 1 heterocycles. The lowest BCUT2D eigenvalue weighted by Crippen LogP contribution is -1.92. The summed E-state index contributed by atoms with van der Waals surface area (Å²) in [6.07, 6.45) is 2.52. The molecule has 2 aromatic rings. The van der Waals surface area contributed by atoms with Gasteiger partial charge in [-0.1, -0.05) is 6.07 Å². The molecule has 1 aromatic heterocycles. The molecule has 4 heteroatoms. The Labute approximate surface area is 95.1 Å². The lowest BCUT2D eigenvalue weighted by atomic mass is 10.3. The summed E-state index contributed by atoms with van der Waals surface area (Å²) in [5, 5.41) is 0. The lowest BCUT2D eigenvalue weighted by molar-refractivity contribution is 0.753. The molecule has 14 heavy (non-hydrogen) atoms. The summed E-state index contributed by atoms with van der Waals surface area (Å²) in [5.41, 5.74) is 2.33. The van der Waals surface area contributed by atoms with Gasteiger partial charge in [0.1, 0.15) is 0 Å². The van der Waals surface area contributed by atoms with Gasteiger partial charge in [0.15, 0.2) is 4.77 Å². The Kier molecular flexibility index (Phi) is 1.82. The van der Waals surface area contributed by atoms with Gasteiger partial charge in [0.2, 0.25) is 0 Å². The first-order chi connectivity index (χ1) is 6.77. The van der Waals surface area contributed by atoms with Crippen molar-refractivity contribution in [2.24, 2.45) is 0 Å². The van der Waals surface area contributed by atoms with Crippen LogP contribution in [0, 0.1) is 4.77 Å². The van der Waals surface area contributed by atoms with Crippen molar-refractivity contribution in [1.29, 1.82) is 0 Å². The molecule has 0 radical (unpaired) electrons. The Morgan fingerprint density at radius 3 is 2.93 bits per heavy atom. The molecule has 1 saturated carbocycles. The number of hydrogen-bond donors (Lipinski definition) is 1. The minimum atomic E-state index is 0.630. The molecule has 3 rings (SSSR count). The number of benzene rings is 1. The van der Waals surface area contributed by atoms with Crippen LogP contribution in [0.1, 0.15) is 18.9 Å². The normalized spacial score (nSPS) is 16.4. The van der Waals surface area contributed by atoms with Crippen molar-refractivity contribution < 1.29 is 0 Å². The number of aromatic amines is 1. The molecule has 0 saturated heterocycles. The van der Waals surface area contributed by atoms with E-state index in [1.807, 2.05) is 12.1 Å². The number of fused-ring (bicyclic) bond motifs is 1. The molecule has 0 aliphatic heterocycles. The summed E-state index contributed by atoms with van der Waals surface area (Å²) in [6.45, 7) is 0. The fraction of sp³-hybridized carbons (Fsp3) is 0.300. The topological polar surface area (TPSA) is 20.7 Å². The van der Waals surface area contributed by atoms with E-state index in [9.17, 15) is 0 Å². The highest BCUT2D eigenvalue weighted by atomic mass is 79.9. The third-order valence-electron chi connectivity index (χ3n) is 2.61. The SMILES string of the molecule is S=c1[nH]c2c(Br)cccc2n1C1CC1. The number of para-hydroxylation sites is 1. The van der Waals surface area contributed by atoms with Gasteiger partial charge in [-0.15, -0.1) is 0 Å². The van der Waals surface area contributed by atoms with Gasteiger partial charge in [0.25, 0.3) is 0 Å². The first kappa shape index (κ1) is 8.68. The zero-order valence-electron chi connectivity index (χ0n) is 7.46. The molecule has 1 aliphatic carbocycles. The van der Waals surface area contributed by atoms with Crippen LogP contribution in [0.15, 0.2) is 22.7 Å². The number of nitrogens with zero attached hydrogens (tertiary/aromatic N) is 1. The quantitative estimate of drug-likeness (QED) is 0.781. The maximum atomic E-state index is 5.32. The van der Waals surface area contributed by atoms with Crippen molar-refractivity contribution in [2.75, 3.05) is 0 Å². The van der Waals surface area contributed by atoms with E-state index in [4.69, 9.17) is 12.2 Å². The van der Waals surface area contributed by atoms with Crippen LogP contribution in [0.5, 0.6) is 0 Å². The minimum Gasteiger partial charge on any atom is -0.330 e. The molecule has 2 nitrogen and oxygen atoms in total. The van der Waals surface area contributed by atoms with Crippen molar-refractivity contribution in [1.82, 2.24) is 9.55 Å². The number of imidazole rings is 1. The molecule has 0 atom stereocenters. The zero-order valence-corrected chi connectivity index (χ0v) is 9.86. The number of nitrogens with one attached hydrogen (secondary N) is 1. The second-order valence-electron chi connectivity index (χ2n) is 3.67. The minimum absolute atomic E-state index is 0.630. The highest BCUT2D eigenvalue weighted by molar-refractivity contribution is 9.10. The lowest BCUT2D eigenvalue weighted by Gasteiger charge is -2.00. The average molecular weight is 269 g/mol. The van der Waals surface area contributed by atoms with Crippen molar-refractivity contribution in [3.8, 4) is 0 Å². The van der Waals surface area contributed by atoms with E-state index in [0.29, 0.717) is 6.04 Å². The summed E-state index contributed by atoms with van der Waals surface area (Å²) in [4.78, 5) is 3.25. The van der Waals surface area contributed by atoms with Crippen LogP contribution in [-0.4, -0.2) is 9.55 Å². The maximum Gasteiger partial charge on any atom is 0.178 e. The van der Waals surface area contributed by atoms with Gasteiger partial charge in [-0.3, -0.25) is 0 Å². The largest absolute Gasteiger partial charge is 0.330 e. The van der Waals surface area contributed by atoms with Gasteiger partial charge < -0.3 is 9.55 Å². The summed E-state index contributed by atoms with van der Waals surface area (Å²) in [5.74, 6) is 0. The van der Waals surface area contributed by atoms with Crippen LogP contribution in [0.2, 0.25) is 0 Å². The fourth-order valence-corrected chi connectivity index (χ4v) is 2.61. The van der Waals surface area contributed by atoms with Crippen LogP contribution in [0.25, 0.3) is 11.0 Å². The summed E-state index contributed by atoms with van der Waals surface area (Å²) in [7, 11) is 0. The van der Waals surface area contributed by atoms with E-state index < -0.39 is 0 Å². The number of H-pyrrole nitrogens is 1. The highest BCUT2D eigenvalue weighted by Crippen LogP contribution is 2.38. The second-order valence-corrected chi connectivity index (χ2v) is 4.91. The Morgan fingerprint density at radius 1 is 1.43 bits per heavy atom. The molecule has 1 fully saturated rings. The zero-order chi connectivity index (χ0) is 9.71. The fourth-order valence-electron chi connectivity index (χ4n) is 1.81. The van der Waals surface area contributed by atoms with E-state index in [2.05, 4.69) is 31.5 Å². The van der Waals surface area contributed by atoms with Crippen molar-refractivity contribution in [3.05, 3.63) is 27.4 Å². The molecule has 1 aliphatic rings. The number of aromatic nitrogens is 2. The summed E-state index contributed by atoms with van der Waals surface area (Å²) in [6, 6.07) is 6.83. The number of hydrogen-bond acceptors (Lipinski definition) is 1. The predicted octanol–water partition coefficient (Wildman–Crippen LogP) is 3.80. The van der Waals surface area contributed by atoms with Gasteiger partial charge >= 0.3 is 0 Å². The standard InChI is InChI=1S/C10H9BrN2S/c11-7-2-1-3-8-9(7)12-10(14)13(8)6-4-5-6/h1-3,6H,4-5H2,(H,12,14). The van der Waals surface area contributed by atoms with Crippen LogP contribution in [-0.2, 0) is 0 Å². The van der Waals surface area contributed by atoms with E-state index >= 15 is 0 Å². The third-order valence-corrected chi connectivity index (χ3v) is 3.57. The predicted molar refractivity (Wildman–Crippen MR) is 63.1 cm³/mol. The summed E-state index contributed by atoms with van der Waals surface area (Å²) >= 11 is 8.84. The molecular formula is C10H9BrN2S. The van der Waals surface area contributed by atoms with Crippen LogP contribution in [0.4, 0.5) is 0 Å². The van der Waals surface area contributed by atoms with Gasteiger partial charge in [0.05, 0.1) is 11.0 Å². The molecule has 1 N–H and O–H groups in total. The molecule has 0 spiro atoms. The number of rotatable bonds is 1. The maximum absolute atomic E-state index is 5.32. The molecule has 1 aromatic carbocycles. The van der Waals surface area contributed by atoms with E-state index in [-0.39, 0.29) is 0 Å². The average Bonchev–Trinajstić information content (AvgIpc) is 2.91. The van der Waals surface area contributed by atoms with Gasteiger partial charge in [0, 0.05) is 10.5 Å². The van der Waals surface area contributed by atoms with Crippen molar-refractivity contribution >= 4 is 39.2 Å². The third kappa shape index (κ3) is 1.17. The second kappa shape index (κ2) is 2.94. The van der Waals surface area contributed by atoms with E-state index in [0.717, 1.165) is 14.8 Å². The Morgan fingerprint density at radius 2 is 2.21 bits per heavy atom. The first-order valence-electron chi connectivity index (χ1n) is 4.66. The van der Waals surface area contributed by atoms with Gasteiger partial charge in [-0.2, -0.15) is 0 Å². The van der Waals surface area contributed by atoms with Crippen LogP contribution in [0.3, 0.4) is 0 Å². The smallest absolute Gasteiger partial charge is 0.178 e. The Hall–Kier alpha value is -0.610. The van der Waals surface area contributed by atoms with Crippen LogP contribution < -0.4 is 0 Å². The van der Waals surface area contributed by atoms with Crippen molar-refractivity contribution in [3.63, 3.8) is 0 Å². The Bertz CT molecular complexity index is 551. The molecular weight excluding hydrogens is 260 g/mol. The van der Waals surface area contributed by atoms with Crippen molar-refractivity contribution in [2.45, 2.75) is 18.9 Å². The summed E-state index contributed by atoms with van der Waals surface area (Å²) < 4.78 is 4.16. The van der Waals surface area contributed by atoms with Crippen LogP contribution >= 0.6 is 28.1 Å².